The number of hydrogen-bond acceptors (Lipinski definition) is 5. The molecule has 3 rings (SSSR count). The average molecular weight is 375 g/mol. The molecule has 0 aromatic carbocycles. The van der Waals surface area contributed by atoms with Gasteiger partial charge in [-0.15, -0.1) is 0 Å². The molecule has 1 aliphatic heterocycles. The predicted molar refractivity (Wildman–Crippen MR) is 86.9 cm³/mol. The quantitative estimate of drug-likeness (QED) is 0.757. The average Bonchev–Trinajstić information content (AvgIpc) is 2.95. The summed E-state index contributed by atoms with van der Waals surface area (Å²) in [4.78, 5) is 17.0. The number of ether oxygens (including phenoxy) is 2. The topological polar surface area (TPSA) is 52.9 Å². The van der Waals surface area contributed by atoms with Crippen molar-refractivity contribution in [3.05, 3.63) is 22.6 Å². The minimum absolute atomic E-state index is 0.0315. The van der Waals surface area contributed by atoms with Crippen LogP contribution in [0.2, 0.25) is 0 Å². The number of aromatic amines is 1. The highest BCUT2D eigenvalue weighted by Gasteiger charge is 2.38. The van der Waals surface area contributed by atoms with E-state index in [-0.39, 0.29) is 27.3 Å². The molecule has 25 heavy (non-hydrogen) atoms. The lowest BCUT2D eigenvalue weighted by Gasteiger charge is -2.31. The number of nitrogens with one attached hydrogen (secondary N) is 1. The first-order chi connectivity index (χ1) is 11.7. The fourth-order valence-electron chi connectivity index (χ4n) is 3.03. The van der Waals surface area contributed by atoms with Crippen LogP contribution >= 0.6 is 11.3 Å². The Labute approximate surface area is 146 Å². The number of thiophene rings is 1. The van der Waals surface area contributed by atoms with Crippen molar-refractivity contribution < 1.29 is 32.4 Å². The van der Waals surface area contributed by atoms with E-state index in [1.54, 1.807) is 0 Å². The summed E-state index contributed by atoms with van der Waals surface area (Å²) in [5, 5.41) is -0.0315. The van der Waals surface area contributed by atoms with Crippen molar-refractivity contribution in [1.82, 2.24) is 0 Å². The molecule has 2 aromatic heterocycles. The van der Waals surface area contributed by atoms with E-state index < -0.39 is 17.7 Å². The molecule has 0 radical (unpaired) electrons. The lowest BCUT2D eigenvalue weighted by Crippen LogP contribution is -2.47. The number of carbonyl (C=O) groups is 1. The zero-order valence-electron chi connectivity index (χ0n) is 13.9. The number of nitrogens with zero attached hydrogens (tertiary/aromatic N) is 1. The van der Waals surface area contributed by atoms with Crippen LogP contribution in [0.5, 0.6) is 0 Å². The minimum atomic E-state index is -4.53. The van der Waals surface area contributed by atoms with Gasteiger partial charge in [0.05, 0.1) is 24.9 Å². The molecular weight excluding hydrogens is 357 g/mol. The third-order valence-corrected chi connectivity index (χ3v) is 5.03. The van der Waals surface area contributed by atoms with Gasteiger partial charge in [-0.2, -0.15) is 13.2 Å². The number of methoxy groups -OCH3 is 1. The van der Waals surface area contributed by atoms with Crippen LogP contribution in [0.25, 0.3) is 10.2 Å². The molecule has 5 nitrogen and oxygen atoms in total. The number of carbonyl (C=O) groups excluding carboxylic acids is 1. The van der Waals surface area contributed by atoms with Crippen LogP contribution in [0.4, 0.5) is 19.0 Å². The Morgan fingerprint density at radius 2 is 1.96 bits per heavy atom. The second-order valence-electron chi connectivity index (χ2n) is 6.07. The van der Waals surface area contributed by atoms with Gasteiger partial charge in [0.15, 0.2) is 4.83 Å². The Morgan fingerprint density at radius 3 is 2.52 bits per heavy atom. The monoisotopic (exact) mass is 375 g/mol. The summed E-state index contributed by atoms with van der Waals surface area (Å²) in [6.45, 7) is 4.73. The van der Waals surface area contributed by atoms with E-state index in [1.807, 2.05) is 18.7 Å². The second kappa shape index (κ2) is 6.45. The Bertz CT molecular complexity index is 796. The third-order valence-electron chi connectivity index (χ3n) is 4.00. The summed E-state index contributed by atoms with van der Waals surface area (Å²) in [6, 6.07) is 2.32. The van der Waals surface area contributed by atoms with E-state index in [4.69, 9.17) is 4.74 Å². The molecule has 1 aliphatic rings. The molecule has 1 saturated heterocycles. The van der Waals surface area contributed by atoms with Gasteiger partial charge in [-0.05, 0) is 19.9 Å². The zero-order chi connectivity index (χ0) is 18.4. The summed E-state index contributed by atoms with van der Waals surface area (Å²) < 4.78 is 50.9. The number of hydrogen-bond donors (Lipinski definition) is 0. The molecule has 9 heteroatoms. The smallest absolute Gasteiger partial charge is 0.417 e. The molecule has 1 N–H and O–H groups in total. The molecule has 0 unspecified atom stereocenters. The highest BCUT2D eigenvalue weighted by atomic mass is 32.1. The summed E-state index contributed by atoms with van der Waals surface area (Å²) in [7, 11) is 1.20. The fraction of sp³-hybridized carbons (Fsp3) is 0.500. The van der Waals surface area contributed by atoms with Crippen molar-refractivity contribution in [1.29, 1.82) is 0 Å². The summed E-state index contributed by atoms with van der Waals surface area (Å²) in [5.41, 5.74) is -0.769. The van der Waals surface area contributed by atoms with Gasteiger partial charge >= 0.3 is 12.1 Å². The summed E-state index contributed by atoms with van der Waals surface area (Å²) >= 11 is 0.952. The molecule has 1 fully saturated rings. The second-order valence-corrected chi connectivity index (χ2v) is 7.13. The van der Waals surface area contributed by atoms with Gasteiger partial charge in [-0.25, -0.2) is 9.78 Å². The van der Waals surface area contributed by atoms with Gasteiger partial charge in [0.2, 0.25) is 0 Å². The maximum atomic E-state index is 13.5. The maximum absolute atomic E-state index is 13.5. The van der Waals surface area contributed by atoms with Crippen molar-refractivity contribution in [2.24, 2.45) is 0 Å². The number of pyridine rings is 1. The zero-order valence-corrected chi connectivity index (χ0v) is 14.8. The molecule has 0 amide bonds. The first-order valence-corrected chi connectivity index (χ1v) is 8.56. The number of fused-ring (bicyclic) bond motifs is 1. The van der Waals surface area contributed by atoms with Crippen molar-refractivity contribution in [3.63, 3.8) is 0 Å². The maximum Gasteiger partial charge on any atom is 0.417 e. The van der Waals surface area contributed by atoms with E-state index >= 15 is 0 Å². The summed E-state index contributed by atoms with van der Waals surface area (Å²) in [6.07, 6.45) is -4.70. The number of anilines is 1. The van der Waals surface area contributed by atoms with Crippen molar-refractivity contribution >= 4 is 33.3 Å². The number of alkyl halides is 3. The van der Waals surface area contributed by atoms with Crippen molar-refractivity contribution in [2.45, 2.75) is 32.2 Å². The Kier molecular flexibility index (Phi) is 4.63. The van der Waals surface area contributed by atoms with Gasteiger partial charge in [0.25, 0.3) is 5.82 Å². The normalized spacial score (nSPS) is 21.6. The highest BCUT2D eigenvalue weighted by molar-refractivity contribution is 7.20. The number of aromatic nitrogens is 1. The van der Waals surface area contributed by atoms with Gasteiger partial charge in [0, 0.05) is 11.5 Å². The molecule has 2 aromatic rings. The molecule has 0 aliphatic carbocycles. The first kappa shape index (κ1) is 17.9. The number of H-pyrrole nitrogens is 1. The van der Waals surface area contributed by atoms with Crippen LogP contribution in [-0.2, 0) is 15.7 Å². The molecule has 136 valence electrons. The van der Waals surface area contributed by atoms with Crippen LogP contribution in [-0.4, -0.2) is 38.4 Å². The molecule has 3 heterocycles. The van der Waals surface area contributed by atoms with Crippen LogP contribution in [0, 0.1) is 0 Å². The van der Waals surface area contributed by atoms with E-state index in [0.717, 1.165) is 17.4 Å². The molecular formula is C16H18F3N2O3S+. The van der Waals surface area contributed by atoms with E-state index in [2.05, 4.69) is 9.72 Å². The van der Waals surface area contributed by atoms with Crippen LogP contribution in [0.1, 0.15) is 29.1 Å². The highest BCUT2D eigenvalue weighted by Crippen LogP contribution is 2.38. The standard InChI is InChI=1S/C16H17F3N2O3S/c1-8-6-21(7-9(2)24-8)13-5-11(16(17,18)19)10-4-12(15(22)23-3)25-14(10)20-13/h4-5,8-9H,6-7H2,1-3H3/p+1/t8-,9+. The van der Waals surface area contributed by atoms with Crippen LogP contribution in [0.3, 0.4) is 0 Å². The van der Waals surface area contributed by atoms with Gasteiger partial charge in [0.1, 0.15) is 18.0 Å². The predicted octanol–water partition coefficient (Wildman–Crippen LogP) is 3.13. The SMILES string of the molecule is COC(=O)c1cc2c(C(F)(F)F)cc(N3C[C@@H](C)O[C@@H](C)C3)[nH+]c2s1. The Balaban J connectivity index is 2.12. The van der Waals surface area contributed by atoms with Crippen LogP contribution in [0.15, 0.2) is 12.1 Å². The largest absolute Gasteiger partial charge is 0.465 e. The fourth-order valence-corrected chi connectivity index (χ4v) is 4.03. The number of esters is 1. The molecule has 0 bridgehead atoms. The first-order valence-electron chi connectivity index (χ1n) is 7.75. The molecule has 0 spiro atoms. The van der Waals surface area contributed by atoms with Crippen molar-refractivity contribution in [3.8, 4) is 0 Å². The minimum Gasteiger partial charge on any atom is -0.465 e. The van der Waals surface area contributed by atoms with E-state index in [0.29, 0.717) is 18.9 Å². The van der Waals surface area contributed by atoms with E-state index in [9.17, 15) is 18.0 Å². The Morgan fingerprint density at radius 1 is 1.32 bits per heavy atom. The summed E-state index contributed by atoms with van der Waals surface area (Å²) in [5.74, 6) is -0.294. The van der Waals surface area contributed by atoms with Gasteiger partial charge in [-0.1, -0.05) is 11.3 Å². The number of morpholine rings is 1. The van der Waals surface area contributed by atoms with Gasteiger partial charge < -0.3 is 9.47 Å². The Hall–Kier alpha value is -1.87. The number of halogens is 3. The van der Waals surface area contributed by atoms with E-state index in [1.165, 1.54) is 13.2 Å². The van der Waals surface area contributed by atoms with Crippen molar-refractivity contribution in [2.75, 3.05) is 25.1 Å². The molecule has 2 atom stereocenters. The lowest BCUT2D eigenvalue weighted by molar-refractivity contribution is -0.329. The third kappa shape index (κ3) is 3.57. The van der Waals surface area contributed by atoms with Gasteiger partial charge in [-0.3, -0.25) is 4.90 Å². The van der Waals surface area contributed by atoms with Crippen LogP contribution < -0.4 is 9.88 Å². The lowest BCUT2D eigenvalue weighted by atomic mass is 10.1. The molecule has 0 saturated carbocycles. The number of rotatable bonds is 2.